The van der Waals surface area contributed by atoms with Crippen LogP contribution in [0.2, 0.25) is 0 Å². The first-order valence-corrected chi connectivity index (χ1v) is 9.52. The van der Waals surface area contributed by atoms with Crippen LogP contribution in [-0.4, -0.2) is 48.6 Å². The molecule has 0 radical (unpaired) electrons. The second-order valence-corrected chi connectivity index (χ2v) is 7.15. The molecule has 1 heterocycles. The van der Waals surface area contributed by atoms with Crippen LogP contribution in [0, 0.1) is 0 Å². The molecule has 0 bridgehead atoms. The van der Waals surface area contributed by atoms with Gasteiger partial charge in [0, 0.05) is 30.8 Å². The number of methoxy groups -OCH3 is 1. The quantitative estimate of drug-likeness (QED) is 0.673. The molecule has 4 nitrogen and oxygen atoms in total. The molecule has 25 heavy (non-hydrogen) atoms. The van der Waals surface area contributed by atoms with Crippen LogP contribution in [0.1, 0.15) is 16.8 Å². The second-order valence-electron chi connectivity index (χ2n) is 5.86. The topological polar surface area (TPSA) is 38.8 Å². The van der Waals surface area contributed by atoms with E-state index in [1.54, 1.807) is 7.11 Å². The van der Waals surface area contributed by atoms with Crippen LogP contribution in [0.4, 0.5) is 0 Å². The fourth-order valence-corrected chi connectivity index (χ4v) is 4.08. The molecule has 2 aromatic carbocycles. The van der Waals surface area contributed by atoms with Gasteiger partial charge in [-0.2, -0.15) is 0 Å². The van der Waals surface area contributed by atoms with Crippen molar-refractivity contribution in [2.24, 2.45) is 0 Å². The third-order valence-corrected chi connectivity index (χ3v) is 5.51. The van der Waals surface area contributed by atoms with E-state index in [1.165, 1.54) is 0 Å². The Kier molecular flexibility index (Phi) is 6.36. The van der Waals surface area contributed by atoms with Gasteiger partial charge in [0.2, 0.25) is 0 Å². The van der Waals surface area contributed by atoms with Crippen molar-refractivity contribution in [3.8, 4) is 11.5 Å². The van der Waals surface area contributed by atoms with Crippen LogP contribution < -0.4 is 9.47 Å². The van der Waals surface area contributed by atoms with Gasteiger partial charge >= 0.3 is 0 Å². The molecule has 0 N–H and O–H groups in total. The smallest absolute Gasteiger partial charge is 0.164 e. The molecule has 0 spiro atoms. The number of carbonyl (C=O) groups is 1. The molecule has 0 aromatic heterocycles. The molecule has 0 amide bonds. The summed E-state index contributed by atoms with van der Waals surface area (Å²) in [6.45, 7) is 2.35. The van der Waals surface area contributed by atoms with Gasteiger partial charge in [-0.15, -0.1) is 11.8 Å². The third-order valence-electron chi connectivity index (χ3n) is 4.27. The van der Waals surface area contributed by atoms with E-state index in [2.05, 4.69) is 4.90 Å². The fraction of sp³-hybridized carbons (Fsp3) is 0.350. The summed E-state index contributed by atoms with van der Waals surface area (Å²) in [4.78, 5) is 14.6. The van der Waals surface area contributed by atoms with Gasteiger partial charge in [0.25, 0.3) is 0 Å². The molecule has 1 aliphatic heterocycles. The van der Waals surface area contributed by atoms with Crippen molar-refractivity contribution in [3.05, 3.63) is 60.2 Å². The zero-order valence-corrected chi connectivity index (χ0v) is 15.2. The van der Waals surface area contributed by atoms with E-state index in [9.17, 15) is 4.79 Å². The molecular formula is C20H23NO3S. The first kappa shape index (κ1) is 17.8. The molecule has 3 rings (SSSR count). The van der Waals surface area contributed by atoms with Gasteiger partial charge in [0.15, 0.2) is 17.3 Å². The molecule has 0 aliphatic carbocycles. The highest BCUT2D eigenvalue weighted by atomic mass is 32.2. The summed E-state index contributed by atoms with van der Waals surface area (Å²) >= 11 is 1.88. The number of benzene rings is 2. The minimum atomic E-state index is 0.196. The number of para-hydroxylation sites is 2. The number of hydrogen-bond acceptors (Lipinski definition) is 5. The number of thioether (sulfide) groups is 1. The van der Waals surface area contributed by atoms with Gasteiger partial charge in [0.05, 0.1) is 12.5 Å². The van der Waals surface area contributed by atoms with Crippen molar-refractivity contribution in [2.75, 3.05) is 32.6 Å². The molecular weight excluding hydrogens is 334 g/mol. The summed E-state index contributed by atoms with van der Waals surface area (Å²) in [6, 6.07) is 17.2. The van der Waals surface area contributed by atoms with Crippen molar-refractivity contribution in [3.63, 3.8) is 0 Å². The summed E-state index contributed by atoms with van der Waals surface area (Å²) < 4.78 is 11.3. The minimum absolute atomic E-state index is 0.196. The van der Waals surface area contributed by atoms with Gasteiger partial charge in [-0.05, 0) is 12.1 Å². The van der Waals surface area contributed by atoms with Gasteiger partial charge in [-0.25, -0.2) is 0 Å². The van der Waals surface area contributed by atoms with Crippen LogP contribution in [-0.2, 0) is 0 Å². The Hall–Kier alpha value is -1.98. The number of rotatable bonds is 8. The average Bonchev–Trinajstić information content (AvgIpc) is 3.12. The lowest BCUT2D eigenvalue weighted by molar-refractivity contribution is 0.0959. The van der Waals surface area contributed by atoms with E-state index in [0.29, 0.717) is 13.0 Å². The highest BCUT2D eigenvalue weighted by Crippen LogP contribution is 2.29. The molecule has 1 saturated heterocycles. The Morgan fingerprint density at radius 3 is 2.60 bits per heavy atom. The van der Waals surface area contributed by atoms with Gasteiger partial charge in [-0.3, -0.25) is 9.69 Å². The molecule has 1 aliphatic rings. The summed E-state index contributed by atoms with van der Waals surface area (Å²) in [6.07, 6.45) is 0.537. The summed E-state index contributed by atoms with van der Waals surface area (Å²) in [5, 5.41) is 0.272. The van der Waals surface area contributed by atoms with Gasteiger partial charge in [0.1, 0.15) is 6.61 Å². The number of ether oxygens (including phenoxy) is 2. The molecule has 1 fully saturated rings. The number of nitrogens with zero attached hydrogens (tertiary/aromatic N) is 1. The fourth-order valence-electron chi connectivity index (χ4n) is 2.88. The normalized spacial score (nSPS) is 17.4. The first-order valence-electron chi connectivity index (χ1n) is 8.47. The summed E-state index contributed by atoms with van der Waals surface area (Å²) in [5.41, 5.74) is 0.788. The van der Waals surface area contributed by atoms with Gasteiger partial charge in [-0.1, -0.05) is 42.5 Å². The predicted molar refractivity (Wildman–Crippen MR) is 102 cm³/mol. The lowest BCUT2D eigenvalue weighted by Crippen LogP contribution is -2.34. The van der Waals surface area contributed by atoms with Crippen molar-refractivity contribution < 1.29 is 14.3 Å². The summed E-state index contributed by atoms with van der Waals surface area (Å²) in [7, 11) is 1.65. The Labute approximate surface area is 153 Å². The molecule has 0 unspecified atom stereocenters. The first-order chi connectivity index (χ1) is 12.3. The lowest BCUT2D eigenvalue weighted by Gasteiger charge is -2.23. The van der Waals surface area contributed by atoms with E-state index < -0.39 is 0 Å². The molecule has 132 valence electrons. The highest BCUT2D eigenvalue weighted by Gasteiger charge is 2.26. The van der Waals surface area contributed by atoms with Crippen molar-refractivity contribution in [1.82, 2.24) is 4.90 Å². The van der Waals surface area contributed by atoms with Crippen LogP contribution in [0.25, 0.3) is 0 Å². The van der Waals surface area contributed by atoms with Gasteiger partial charge < -0.3 is 9.47 Å². The maximum atomic E-state index is 12.3. The van der Waals surface area contributed by atoms with E-state index in [4.69, 9.17) is 9.47 Å². The van der Waals surface area contributed by atoms with E-state index in [1.807, 2.05) is 66.4 Å². The van der Waals surface area contributed by atoms with E-state index in [0.717, 1.165) is 35.9 Å². The van der Waals surface area contributed by atoms with Crippen molar-refractivity contribution in [2.45, 2.75) is 11.8 Å². The number of ketones is 1. The van der Waals surface area contributed by atoms with Crippen molar-refractivity contribution >= 4 is 17.5 Å². The van der Waals surface area contributed by atoms with Crippen molar-refractivity contribution in [1.29, 1.82) is 0 Å². The molecule has 1 atom stereocenters. The Morgan fingerprint density at radius 1 is 1.12 bits per heavy atom. The Balaban J connectivity index is 1.51. The molecule has 5 heteroatoms. The SMILES string of the molecule is COc1ccccc1OC[C@H]1SCCN1CCC(=O)c1ccccc1. The second kappa shape index (κ2) is 8.92. The molecule has 0 saturated carbocycles. The monoisotopic (exact) mass is 357 g/mol. The largest absolute Gasteiger partial charge is 0.493 e. The number of Topliss-reactive ketones (excluding diaryl/α,β-unsaturated/α-hetero) is 1. The Morgan fingerprint density at radius 2 is 1.84 bits per heavy atom. The van der Waals surface area contributed by atoms with Crippen LogP contribution in [0.5, 0.6) is 11.5 Å². The predicted octanol–water partition coefficient (Wildman–Crippen LogP) is 3.72. The number of hydrogen-bond donors (Lipinski definition) is 0. The van der Waals surface area contributed by atoms with E-state index in [-0.39, 0.29) is 11.2 Å². The van der Waals surface area contributed by atoms with E-state index >= 15 is 0 Å². The number of carbonyl (C=O) groups excluding carboxylic acids is 1. The highest BCUT2D eigenvalue weighted by molar-refractivity contribution is 8.00. The minimum Gasteiger partial charge on any atom is -0.493 e. The zero-order valence-electron chi connectivity index (χ0n) is 14.4. The molecule has 2 aromatic rings. The lowest BCUT2D eigenvalue weighted by atomic mass is 10.1. The maximum absolute atomic E-state index is 12.3. The zero-order chi connectivity index (χ0) is 17.5. The average molecular weight is 357 g/mol. The van der Waals surface area contributed by atoms with Crippen LogP contribution >= 0.6 is 11.8 Å². The standard InChI is InChI=1S/C20H23NO3S/c1-23-18-9-5-6-10-19(18)24-15-20-21(13-14-25-20)12-11-17(22)16-7-3-2-4-8-16/h2-10,20H,11-15H2,1H3/t20-/m1/s1. The summed E-state index contributed by atoms with van der Waals surface area (Å²) in [5.74, 6) is 2.77. The maximum Gasteiger partial charge on any atom is 0.164 e. The van der Waals surface area contributed by atoms with Crippen LogP contribution in [0.15, 0.2) is 54.6 Å². The van der Waals surface area contributed by atoms with Crippen LogP contribution in [0.3, 0.4) is 0 Å². The Bertz CT molecular complexity index is 692. The third kappa shape index (κ3) is 4.77.